The van der Waals surface area contributed by atoms with Crippen molar-refractivity contribution in [3.63, 3.8) is 0 Å². The van der Waals surface area contributed by atoms with E-state index in [1.54, 1.807) is 11.1 Å². The lowest BCUT2D eigenvalue weighted by atomic mass is 10.0. The maximum Gasteiger partial charge on any atom is 0.226 e. The van der Waals surface area contributed by atoms with Crippen molar-refractivity contribution in [2.45, 2.75) is 18.9 Å². The zero-order valence-corrected chi connectivity index (χ0v) is 16.8. The monoisotopic (exact) mass is 399 g/mol. The van der Waals surface area contributed by atoms with E-state index in [1.807, 2.05) is 66.7 Å². The van der Waals surface area contributed by atoms with Gasteiger partial charge in [0.15, 0.2) is 0 Å². The molecule has 0 bridgehead atoms. The summed E-state index contributed by atoms with van der Waals surface area (Å²) in [6, 6.07) is 25.2. The highest BCUT2D eigenvalue weighted by atomic mass is 16.2. The largest absolute Gasteiger partial charge is 0.343 e. The van der Waals surface area contributed by atoms with Crippen molar-refractivity contribution in [2.75, 3.05) is 13.1 Å². The van der Waals surface area contributed by atoms with E-state index in [0.29, 0.717) is 13.1 Å². The minimum absolute atomic E-state index is 0.0418. The van der Waals surface area contributed by atoms with Crippen LogP contribution < -0.4 is 5.32 Å². The van der Waals surface area contributed by atoms with Gasteiger partial charge in [-0.25, -0.2) is 0 Å². The molecule has 2 atom stereocenters. The van der Waals surface area contributed by atoms with Gasteiger partial charge in [0, 0.05) is 25.7 Å². The number of carbonyl (C=O) groups excluding carboxylic acids is 2. The molecule has 2 aromatic carbocycles. The topological polar surface area (TPSA) is 62.3 Å². The van der Waals surface area contributed by atoms with E-state index in [1.165, 1.54) is 5.56 Å². The molecule has 5 heteroatoms. The third kappa shape index (κ3) is 4.74. The van der Waals surface area contributed by atoms with Crippen LogP contribution in [0.1, 0.15) is 29.3 Å². The number of hydrogen-bond donors (Lipinski definition) is 1. The van der Waals surface area contributed by atoms with Crippen LogP contribution in [-0.4, -0.2) is 34.8 Å². The van der Waals surface area contributed by atoms with Crippen LogP contribution >= 0.6 is 0 Å². The highest BCUT2D eigenvalue weighted by Gasteiger charge is 2.35. The highest BCUT2D eigenvalue weighted by molar-refractivity contribution is 5.89. The van der Waals surface area contributed by atoms with Crippen molar-refractivity contribution in [1.29, 1.82) is 0 Å². The molecule has 4 rings (SSSR count). The summed E-state index contributed by atoms with van der Waals surface area (Å²) in [6.07, 6.45) is 2.77. The van der Waals surface area contributed by atoms with E-state index in [9.17, 15) is 9.59 Å². The zero-order valence-electron chi connectivity index (χ0n) is 16.8. The fraction of sp³-hybridized carbons (Fsp3) is 0.240. The molecule has 1 N–H and O–H groups in total. The van der Waals surface area contributed by atoms with E-state index in [2.05, 4.69) is 22.4 Å². The van der Waals surface area contributed by atoms with Gasteiger partial charge >= 0.3 is 0 Å². The first-order valence-corrected chi connectivity index (χ1v) is 10.3. The van der Waals surface area contributed by atoms with Crippen LogP contribution in [0.25, 0.3) is 0 Å². The van der Waals surface area contributed by atoms with Crippen LogP contribution in [-0.2, 0) is 16.0 Å². The number of rotatable bonds is 7. The van der Waals surface area contributed by atoms with Gasteiger partial charge in [-0.15, -0.1) is 0 Å². The van der Waals surface area contributed by atoms with Crippen LogP contribution in [0.4, 0.5) is 0 Å². The molecule has 0 aliphatic carbocycles. The minimum atomic E-state index is -0.344. The fourth-order valence-electron chi connectivity index (χ4n) is 3.85. The van der Waals surface area contributed by atoms with Crippen LogP contribution in [0.15, 0.2) is 85.1 Å². The molecular weight excluding hydrogens is 374 g/mol. The summed E-state index contributed by atoms with van der Waals surface area (Å²) in [5, 5.41) is 3.13. The summed E-state index contributed by atoms with van der Waals surface area (Å²) < 4.78 is 0. The maximum absolute atomic E-state index is 13.0. The molecule has 1 aromatic heterocycles. The summed E-state index contributed by atoms with van der Waals surface area (Å²) in [5.74, 6) is -0.409. The molecule has 0 spiro atoms. The van der Waals surface area contributed by atoms with Crippen LogP contribution in [0.3, 0.4) is 0 Å². The van der Waals surface area contributed by atoms with E-state index in [4.69, 9.17) is 0 Å². The first kappa shape index (κ1) is 19.8. The van der Waals surface area contributed by atoms with E-state index in [-0.39, 0.29) is 30.2 Å². The van der Waals surface area contributed by atoms with Crippen molar-refractivity contribution in [2.24, 2.45) is 5.92 Å². The van der Waals surface area contributed by atoms with Gasteiger partial charge in [-0.05, 0) is 29.7 Å². The van der Waals surface area contributed by atoms with Gasteiger partial charge in [0.1, 0.15) is 0 Å². The third-order valence-corrected chi connectivity index (χ3v) is 5.50. The van der Waals surface area contributed by atoms with E-state index >= 15 is 0 Å². The summed E-state index contributed by atoms with van der Waals surface area (Å²) in [7, 11) is 0. The normalized spacial score (nSPS) is 17.0. The molecule has 2 heterocycles. The fourth-order valence-corrected chi connectivity index (χ4v) is 3.85. The third-order valence-electron chi connectivity index (χ3n) is 5.50. The molecule has 5 nitrogen and oxygen atoms in total. The summed E-state index contributed by atoms with van der Waals surface area (Å²) in [4.78, 5) is 31.8. The van der Waals surface area contributed by atoms with Gasteiger partial charge in [-0.3, -0.25) is 14.6 Å². The Balaban J connectivity index is 1.42. The minimum Gasteiger partial charge on any atom is -0.343 e. The van der Waals surface area contributed by atoms with Crippen LogP contribution in [0, 0.1) is 5.92 Å². The average molecular weight is 399 g/mol. The quantitative estimate of drug-likeness (QED) is 0.663. The molecule has 1 aliphatic heterocycles. The highest BCUT2D eigenvalue weighted by Crippen LogP contribution is 2.23. The lowest BCUT2D eigenvalue weighted by Crippen LogP contribution is -2.36. The molecule has 3 aromatic rings. The maximum atomic E-state index is 13.0. The number of nitrogens with zero attached hydrogens (tertiary/aromatic N) is 2. The lowest BCUT2D eigenvalue weighted by molar-refractivity contribution is -0.129. The van der Waals surface area contributed by atoms with Gasteiger partial charge in [0.05, 0.1) is 17.7 Å². The predicted octanol–water partition coefficient (Wildman–Crippen LogP) is 3.38. The van der Waals surface area contributed by atoms with Gasteiger partial charge in [0.25, 0.3) is 0 Å². The molecule has 152 valence electrons. The standard InChI is InChI=1S/C25H25N3O2/c29-23-17-21(18-28(23)16-14-19-9-3-1-4-10-19)25(30)27-24(20-11-5-2-6-12-20)22-13-7-8-15-26-22/h1-13,15,21,24H,14,16-18H2,(H,27,30). The number of pyridine rings is 1. The van der Waals surface area contributed by atoms with Gasteiger partial charge in [-0.2, -0.15) is 0 Å². The molecule has 30 heavy (non-hydrogen) atoms. The number of nitrogens with one attached hydrogen (secondary N) is 1. The Morgan fingerprint density at radius 1 is 1.00 bits per heavy atom. The van der Waals surface area contributed by atoms with Gasteiger partial charge in [-0.1, -0.05) is 66.7 Å². The van der Waals surface area contributed by atoms with Crippen molar-refractivity contribution in [3.05, 3.63) is 102 Å². The Bertz CT molecular complexity index is 938. The molecule has 2 amide bonds. The average Bonchev–Trinajstić information content (AvgIpc) is 3.18. The second kappa shape index (κ2) is 9.35. The first-order valence-electron chi connectivity index (χ1n) is 10.3. The molecule has 2 unspecified atom stereocenters. The van der Waals surface area contributed by atoms with Crippen LogP contribution in [0.5, 0.6) is 0 Å². The smallest absolute Gasteiger partial charge is 0.226 e. The number of hydrogen-bond acceptors (Lipinski definition) is 3. The van der Waals surface area contributed by atoms with E-state index in [0.717, 1.165) is 17.7 Å². The van der Waals surface area contributed by atoms with Crippen molar-refractivity contribution < 1.29 is 9.59 Å². The summed E-state index contributed by atoms with van der Waals surface area (Å²) >= 11 is 0. The van der Waals surface area contributed by atoms with E-state index < -0.39 is 0 Å². The summed E-state index contributed by atoms with van der Waals surface area (Å²) in [6.45, 7) is 1.09. The summed E-state index contributed by atoms with van der Waals surface area (Å²) in [5.41, 5.74) is 2.94. The Kier molecular flexibility index (Phi) is 6.18. The molecule has 0 saturated carbocycles. The van der Waals surface area contributed by atoms with Crippen molar-refractivity contribution >= 4 is 11.8 Å². The Hall–Kier alpha value is -3.47. The second-order valence-corrected chi connectivity index (χ2v) is 7.58. The zero-order chi connectivity index (χ0) is 20.8. The molecular formula is C25H25N3O2. The second-order valence-electron chi connectivity index (χ2n) is 7.58. The number of aromatic nitrogens is 1. The Morgan fingerprint density at radius 3 is 2.40 bits per heavy atom. The number of likely N-dealkylation sites (tertiary alicyclic amines) is 1. The molecule has 1 aliphatic rings. The molecule has 1 fully saturated rings. The molecule has 1 saturated heterocycles. The first-order chi connectivity index (χ1) is 14.7. The molecule has 0 radical (unpaired) electrons. The van der Waals surface area contributed by atoms with Gasteiger partial charge in [0.2, 0.25) is 11.8 Å². The predicted molar refractivity (Wildman–Crippen MR) is 115 cm³/mol. The Morgan fingerprint density at radius 2 is 1.70 bits per heavy atom. The van der Waals surface area contributed by atoms with Crippen LogP contribution in [0.2, 0.25) is 0 Å². The number of amides is 2. The van der Waals surface area contributed by atoms with Crippen molar-refractivity contribution in [3.8, 4) is 0 Å². The lowest BCUT2D eigenvalue weighted by Gasteiger charge is -2.21. The van der Waals surface area contributed by atoms with Gasteiger partial charge < -0.3 is 10.2 Å². The SMILES string of the molecule is O=C(NC(c1ccccc1)c1ccccn1)C1CC(=O)N(CCc2ccccc2)C1. The Labute approximate surface area is 176 Å². The number of carbonyl (C=O) groups is 2. The van der Waals surface area contributed by atoms with Crippen molar-refractivity contribution in [1.82, 2.24) is 15.2 Å². The number of benzene rings is 2.